The van der Waals surface area contributed by atoms with E-state index in [1.54, 1.807) is 0 Å². The zero-order valence-electron chi connectivity index (χ0n) is 10.7. The lowest BCUT2D eigenvalue weighted by molar-refractivity contribution is 0.104. The van der Waals surface area contributed by atoms with Crippen LogP contribution in [0.4, 0.5) is 0 Å². The molecule has 0 unspecified atom stereocenters. The number of phenols is 5. The number of allylic oxidation sites excluding steroid dienone is 1. The van der Waals surface area contributed by atoms with E-state index in [1.165, 1.54) is 30.3 Å². The zero-order valence-corrected chi connectivity index (χ0v) is 10.7. The fraction of sp³-hybridized carbons (Fsp3) is 0. The van der Waals surface area contributed by atoms with Gasteiger partial charge in [0.25, 0.3) is 0 Å². The Morgan fingerprint density at radius 3 is 2.00 bits per heavy atom. The summed E-state index contributed by atoms with van der Waals surface area (Å²) in [5.41, 5.74) is 0.466. The maximum atomic E-state index is 11.9. The minimum absolute atomic E-state index is 0.161. The van der Waals surface area contributed by atoms with Crippen LogP contribution in [-0.2, 0) is 0 Å². The first-order valence-corrected chi connectivity index (χ1v) is 5.88. The Balaban J connectivity index is 2.24. The average Bonchev–Trinajstić information content (AvgIpc) is 2.44. The second kappa shape index (κ2) is 5.46. The molecule has 21 heavy (non-hydrogen) atoms. The predicted octanol–water partition coefficient (Wildman–Crippen LogP) is 2.11. The number of carbonyl (C=O) groups excluding carboxylic acids is 1. The number of carbonyl (C=O) groups is 1. The van der Waals surface area contributed by atoms with E-state index in [0.717, 1.165) is 12.1 Å². The van der Waals surface area contributed by atoms with Gasteiger partial charge in [0, 0.05) is 5.56 Å². The van der Waals surface area contributed by atoms with Crippen LogP contribution in [0, 0.1) is 0 Å². The van der Waals surface area contributed by atoms with Crippen molar-refractivity contribution >= 4 is 11.9 Å². The number of hydrogen-bond donors (Lipinski definition) is 5. The molecule has 0 aliphatic rings. The van der Waals surface area contributed by atoms with Gasteiger partial charge in [0.2, 0.25) is 0 Å². The van der Waals surface area contributed by atoms with E-state index in [1.807, 2.05) is 0 Å². The van der Waals surface area contributed by atoms with Gasteiger partial charge in [-0.3, -0.25) is 4.79 Å². The summed E-state index contributed by atoms with van der Waals surface area (Å²) < 4.78 is 0. The van der Waals surface area contributed by atoms with Crippen LogP contribution in [0.1, 0.15) is 15.9 Å². The minimum Gasteiger partial charge on any atom is -0.504 e. The highest BCUT2D eigenvalue weighted by Crippen LogP contribution is 2.35. The van der Waals surface area contributed by atoms with Gasteiger partial charge in [0.05, 0.1) is 0 Å². The van der Waals surface area contributed by atoms with Crippen LogP contribution in [0.2, 0.25) is 0 Å². The molecule has 2 aromatic rings. The molecule has 5 N–H and O–H groups in total. The SMILES string of the molecule is O=C(/C=C/c1cc(O)c(O)c(O)c1)c1ccc(O)c(O)c1. The molecular formula is C15H12O6. The summed E-state index contributed by atoms with van der Waals surface area (Å²) in [6.45, 7) is 0. The molecule has 0 atom stereocenters. The molecule has 2 aromatic carbocycles. The molecule has 2 rings (SSSR count). The van der Waals surface area contributed by atoms with E-state index < -0.39 is 28.8 Å². The fourth-order valence-corrected chi connectivity index (χ4v) is 1.67. The quantitative estimate of drug-likeness (QED) is 0.335. The van der Waals surface area contributed by atoms with E-state index in [2.05, 4.69) is 0 Å². The zero-order chi connectivity index (χ0) is 15.6. The first-order chi connectivity index (χ1) is 9.88. The summed E-state index contributed by atoms with van der Waals surface area (Å²) in [4.78, 5) is 11.9. The van der Waals surface area contributed by atoms with Crippen molar-refractivity contribution in [3.05, 3.63) is 47.5 Å². The number of ketones is 1. The predicted molar refractivity (Wildman–Crippen MR) is 74.6 cm³/mol. The van der Waals surface area contributed by atoms with Crippen molar-refractivity contribution in [1.29, 1.82) is 0 Å². The maximum Gasteiger partial charge on any atom is 0.200 e. The van der Waals surface area contributed by atoms with Crippen LogP contribution in [0.3, 0.4) is 0 Å². The number of benzene rings is 2. The van der Waals surface area contributed by atoms with Gasteiger partial charge in [0.15, 0.2) is 34.5 Å². The molecule has 0 heterocycles. The molecule has 0 aliphatic heterocycles. The number of hydrogen-bond acceptors (Lipinski definition) is 6. The Kier molecular flexibility index (Phi) is 3.71. The third kappa shape index (κ3) is 3.06. The molecule has 108 valence electrons. The topological polar surface area (TPSA) is 118 Å². The van der Waals surface area contributed by atoms with E-state index in [9.17, 15) is 25.2 Å². The lowest BCUT2D eigenvalue weighted by atomic mass is 10.1. The smallest absolute Gasteiger partial charge is 0.200 e. The first kappa shape index (κ1) is 14.3. The number of phenolic OH excluding ortho intramolecular Hbond substituents is 5. The Hall–Kier alpha value is -3.15. The van der Waals surface area contributed by atoms with Crippen LogP contribution in [0.5, 0.6) is 28.7 Å². The highest BCUT2D eigenvalue weighted by molar-refractivity contribution is 6.07. The van der Waals surface area contributed by atoms with E-state index >= 15 is 0 Å². The molecular weight excluding hydrogens is 276 g/mol. The second-order valence-electron chi connectivity index (χ2n) is 4.31. The van der Waals surface area contributed by atoms with Gasteiger partial charge in [-0.15, -0.1) is 0 Å². The van der Waals surface area contributed by atoms with Gasteiger partial charge < -0.3 is 25.5 Å². The van der Waals surface area contributed by atoms with Gasteiger partial charge in [-0.1, -0.05) is 6.08 Å². The summed E-state index contributed by atoms with van der Waals surface area (Å²) in [5.74, 6) is -2.84. The van der Waals surface area contributed by atoms with Gasteiger partial charge in [0.1, 0.15) is 0 Å². The van der Waals surface area contributed by atoms with E-state index in [4.69, 9.17) is 5.11 Å². The summed E-state index contributed by atoms with van der Waals surface area (Å²) in [7, 11) is 0. The second-order valence-corrected chi connectivity index (χ2v) is 4.31. The van der Waals surface area contributed by atoms with Crippen molar-refractivity contribution in [3.63, 3.8) is 0 Å². The molecule has 0 saturated carbocycles. The van der Waals surface area contributed by atoms with E-state index in [-0.39, 0.29) is 11.3 Å². The van der Waals surface area contributed by atoms with Crippen LogP contribution < -0.4 is 0 Å². The van der Waals surface area contributed by atoms with Crippen molar-refractivity contribution in [3.8, 4) is 28.7 Å². The maximum absolute atomic E-state index is 11.9. The Labute approximate surface area is 119 Å². The van der Waals surface area contributed by atoms with Gasteiger partial charge >= 0.3 is 0 Å². The molecule has 6 heteroatoms. The largest absolute Gasteiger partial charge is 0.504 e. The third-order valence-corrected chi connectivity index (χ3v) is 2.78. The van der Waals surface area contributed by atoms with Crippen molar-refractivity contribution in [1.82, 2.24) is 0 Å². The average molecular weight is 288 g/mol. The molecule has 0 spiro atoms. The highest BCUT2D eigenvalue weighted by atomic mass is 16.3. The van der Waals surface area contributed by atoms with Crippen LogP contribution >= 0.6 is 0 Å². The minimum atomic E-state index is -0.637. The Morgan fingerprint density at radius 2 is 1.43 bits per heavy atom. The molecule has 0 aromatic heterocycles. The molecule has 0 saturated heterocycles. The fourth-order valence-electron chi connectivity index (χ4n) is 1.67. The summed E-state index contributed by atoms with van der Waals surface area (Å²) in [6, 6.07) is 6.00. The van der Waals surface area contributed by atoms with Gasteiger partial charge in [-0.2, -0.15) is 0 Å². The molecule has 0 radical (unpaired) electrons. The molecule has 6 nitrogen and oxygen atoms in total. The summed E-state index contributed by atoms with van der Waals surface area (Å²) in [6.07, 6.45) is 2.49. The standard InChI is InChI=1S/C15H12O6/c16-10(9-2-4-11(17)12(18)7-9)3-1-8-5-13(19)15(21)14(20)6-8/h1-7,17-21H/b3-1+. The van der Waals surface area contributed by atoms with Gasteiger partial charge in [-0.05, 0) is 42.0 Å². The molecule has 0 bridgehead atoms. The number of aromatic hydroxyl groups is 5. The normalized spacial score (nSPS) is 10.9. The summed E-state index contributed by atoms with van der Waals surface area (Å²) >= 11 is 0. The molecule has 0 amide bonds. The summed E-state index contributed by atoms with van der Waals surface area (Å²) in [5, 5.41) is 46.4. The Morgan fingerprint density at radius 1 is 0.810 bits per heavy atom. The van der Waals surface area contributed by atoms with Crippen LogP contribution in [-0.4, -0.2) is 31.3 Å². The third-order valence-electron chi connectivity index (χ3n) is 2.78. The highest BCUT2D eigenvalue weighted by Gasteiger charge is 2.08. The van der Waals surface area contributed by atoms with Crippen molar-refractivity contribution in [2.75, 3.05) is 0 Å². The lowest BCUT2D eigenvalue weighted by Gasteiger charge is -2.02. The Bertz CT molecular complexity index is 710. The monoisotopic (exact) mass is 288 g/mol. The molecule has 0 fully saturated rings. The van der Waals surface area contributed by atoms with Gasteiger partial charge in [-0.25, -0.2) is 0 Å². The van der Waals surface area contributed by atoms with Crippen LogP contribution in [0.15, 0.2) is 36.4 Å². The van der Waals surface area contributed by atoms with Crippen molar-refractivity contribution < 1.29 is 30.3 Å². The van der Waals surface area contributed by atoms with Crippen molar-refractivity contribution in [2.24, 2.45) is 0 Å². The van der Waals surface area contributed by atoms with Crippen molar-refractivity contribution in [2.45, 2.75) is 0 Å². The number of rotatable bonds is 3. The molecule has 0 aliphatic carbocycles. The van der Waals surface area contributed by atoms with E-state index in [0.29, 0.717) is 5.56 Å². The first-order valence-electron chi connectivity index (χ1n) is 5.88. The lowest BCUT2D eigenvalue weighted by Crippen LogP contribution is -1.93. The van der Waals surface area contributed by atoms with Crippen LogP contribution in [0.25, 0.3) is 6.08 Å².